The van der Waals surface area contributed by atoms with Gasteiger partial charge in [-0.15, -0.1) is 0 Å². The molecule has 0 bridgehead atoms. The Morgan fingerprint density at radius 2 is 0.710 bits per heavy atom. The summed E-state index contributed by atoms with van der Waals surface area (Å²) in [5, 5.41) is 20.7. The highest BCUT2D eigenvalue weighted by Gasteiger charge is 2.18. The summed E-state index contributed by atoms with van der Waals surface area (Å²) >= 11 is 0. The van der Waals surface area contributed by atoms with Crippen LogP contribution in [0, 0.1) is 0 Å². The maximum Gasteiger partial charge on any atom is 0.303 e. The van der Waals surface area contributed by atoms with Gasteiger partial charge in [-0.2, -0.15) is 0 Å². The summed E-state index contributed by atoms with van der Waals surface area (Å²) in [6.45, 7) is 0. The highest BCUT2D eigenvalue weighted by atomic mass is 16.4. The third-order valence-corrected chi connectivity index (χ3v) is 6.24. The Morgan fingerprint density at radius 1 is 0.452 bits per heavy atom. The van der Waals surface area contributed by atoms with Crippen LogP contribution in [0.2, 0.25) is 0 Å². The van der Waals surface area contributed by atoms with E-state index in [1.807, 2.05) is 0 Å². The lowest BCUT2D eigenvalue weighted by molar-refractivity contribution is -0.138. The van der Waals surface area contributed by atoms with Crippen molar-refractivity contribution in [3.8, 4) is 0 Å². The Morgan fingerprint density at radius 3 is 1.00 bits per heavy atom. The Balaban J connectivity index is 1.76. The lowest BCUT2D eigenvalue weighted by atomic mass is 10.0. The van der Waals surface area contributed by atoms with Crippen LogP contribution in [0.15, 0.2) is 11.4 Å². The maximum atomic E-state index is 10.4. The predicted octanol–water partition coefficient (Wildman–Crippen LogP) is 7.55. The highest BCUT2D eigenvalue weighted by Crippen LogP contribution is 2.27. The van der Waals surface area contributed by atoms with Gasteiger partial charge in [0.05, 0.1) is 0 Å². The number of carboxylic acids is 2. The molecule has 0 spiro atoms. The zero-order chi connectivity index (χ0) is 22.6. The lowest BCUT2D eigenvalue weighted by Crippen LogP contribution is -1.93. The van der Waals surface area contributed by atoms with Gasteiger partial charge in [0.25, 0.3) is 0 Å². The molecule has 1 heterocycles. The quantitative estimate of drug-likeness (QED) is 0.135. The third kappa shape index (κ3) is 18.9. The van der Waals surface area contributed by atoms with Crippen LogP contribution >= 0.6 is 0 Å². The number of nitrogens with one attached hydrogen (secondary N) is 1. The van der Waals surface area contributed by atoms with Crippen LogP contribution in [0.3, 0.4) is 0 Å². The number of aliphatic carboxylic acids is 2. The van der Waals surface area contributed by atoms with Crippen LogP contribution in [-0.4, -0.2) is 22.2 Å². The van der Waals surface area contributed by atoms with Crippen molar-refractivity contribution in [2.45, 2.75) is 141 Å². The predicted molar refractivity (Wildman–Crippen MR) is 127 cm³/mol. The van der Waals surface area contributed by atoms with Crippen molar-refractivity contribution in [1.29, 1.82) is 0 Å². The zero-order valence-corrected chi connectivity index (χ0v) is 19.8. The molecule has 0 aromatic carbocycles. The Labute approximate surface area is 190 Å². The molecule has 1 aliphatic heterocycles. The Kier molecular flexibility index (Phi) is 17.0. The van der Waals surface area contributed by atoms with Gasteiger partial charge < -0.3 is 15.5 Å². The first kappa shape index (κ1) is 27.5. The minimum absolute atomic E-state index is 0.324. The molecule has 0 fully saturated rings. The topological polar surface area (TPSA) is 96.5 Å². The number of hydrogen-bond donors (Lipinski definition) is 3. The smallest absolute Gasteiger partial charge is 0.303 e. The van der Waals surface area contributed by atoms with E-state index in [0.29, 0.717) is 12.8 Å². The van der Waals surface area contributed by atoms with E-state index in [9.17, 15) is 9.59 Å². The van der Waals surface area contributed by atoms with Gasteiger partial charge in [-0.1, -0.05) is 89.9 Å². The molecule has 5 heteroatoms. The number of rotatable bonds is 24. The van der Waals surface area contributed by atoms with E-state index in [1.54, 1.807) is 0 Å². The molecule has 3 N–H and O–H groups in total. The summed E-state index contributed by atoms with van der Waals surface area (Å²) in [7, 11) is 0. The van der Waals surface area contributed by atoms with E-state index >= 15 is 0 Å². The van der Waals surface area contributed by atoms with E-state index in [0.717, 1.165) is 25.7 Å². The summed E-state index contributed by atoms with van der Waals surface area (Å²) in [5.74, 6) is -1.34. The summed E-state index contributed by atoms with van der Waals surface area (Å²) < 4.78 is 0. The minimum atomic E-state index is -0.668. The van der Waals surface area contributed by atoms with E-state index in [2.05, 4.69) is 5.32 Å². The largest absolute Gasteiger partial charge is 0.481 e. The maximum absolute atomic E-state index is 10.4. The second kappa shape index (κ2) is 19.2. The Bertz CT molecular complexity index is 472. The van der Waals surface area contributed by atoms with Gasteiger partial charge >= 0.3 is 11.9 Å². The molecule has 5 nitrogen and oxygen atoms in total. The molecule has 0 unspecified atom stereocenters. The first-order valence-corrected chi connectivity index (χ1v) is 13.0. The SMILES string of the molecule is O=C(O)CCCCCCCCCCCC1=C(CCCCCCCCCCCC(=O)O)N1. The van der Waals surface area contributed by atoms with Crippen molar-refractivity contribution >= 4 is 11.9 Å². The van der Waals surface area contributed by atoms with Crippen LogP contribution in [-0.2, 0) is 9.59 Å². The van der Waals surface area contributed by atoms with Gasteiger partial charge in [0.1, 0.15) is 0 Å². The Hall–Kier alpha value is -1.52. The minimum Gasteiger partial charge on any atom is -0.481 e. The van der Waals surface area contributed by atoms with Crippen molar-refractivity contribution in [1.82, 2.24) is 5.32 Å². The highest BCUT2D eigenvalue weighted by molar-refractivity contribution is 5.66. The molecule has 1 rings (SSSR count). The first-order chi connectivity index (χ1) is 15.1. The fourth-order valence-corrected chi connectivity index (χ4v) is 4.21. The molecule has 0 radical (unpaired) electrons. The average molecular weight is 438 g/mol. The van der Waals surface area contributed by atoms with E-state index in [4.69, 9.17) is 10.2 Å². The number of carbonyl (C=O) groups is 2. The van der Waals surface area contributed by atoms with Crippen molar-refractivity contribution in [3.63, 3.8) is 0 Å². The van der Waals surface area contributed by atoms with E-state index in [1.165, 1.54) is 114 Å². The number of carboxylic acid groups (broad SMARTS) is 2. The van der Waals surface area contributed by atoms with Gasteiger partial charge in [0.2, 0.25) is 0 Å². The molecule has 0 aromatic heterocycles. The molecule has 0 saturated carbocycles. The summed E-state index contributed by atoms with van der Waals surface area (Å²) in [6.07, 6.45) is 24.9. The summed E-state index contributed by atoms with van der Waals surface area (Å²) in [5.41, 5.74) is 3.03. The van der Waals surface area contributed by atoms with Crippen molar-refractivity contribution in [3.05, 3.63) is 11.4 Å². The van der Waals surface area contributed by atoms with E-state index in [-0.39, 0.29) is 0 Å². The molecule has 180 valence electrons. The number of unbranched alkanes of at least 4 members (excludes halogenated alkanes) is 16. The van der Waals surface area contributed by atoms with Crippen molar-refractivity contribution < 1.29 is 19.8 Å². The standard InChI is InChI=1S/C26H47NO4/c28-25(29)21-17-13-9-5-1-3-7-11-15-19-23-24(27-23)20-16-12-8-4-2-6-10-14-18-22-26(30)31/h27H,1-22H2,(H,28,29)(H,30,31). The molecule has 0 aliphatic carbocycles. The lowest BCUT2D eigenvalue weighted by Gasteiger charge is -2.01. The monoisotopic (exact) mass is 437 g/mol. The first-order valence-electron chi connectivity index (χ1n) is 13.0. The molecule has 0 saturated heterocycles. The van der Waals surface area contributed by atoms with Crippen LogP contribution in [0.4, 0.5) is 0 Å². The fraction of sp³-hybridized carbons (Fsp3) is 0.846. The van der Waals surface area contributed by atoms with Gasteiger partial charge in [-0.05, 0) is 38.5 Å². The zero-order valence-electron chi connectivity index (χ0n) is 19.8. The molecule has 0 aromatic rings. The fourth-order valence-electron chi connectivity index (χ4n) is 4.21. The van der Waals surface area contributed by atoms with Gasteiger partial charge in [0.15, 0.2) is 0 Å². The third-order valence-electron chi connectivity index (χ3n) is 6.24. The van der Waals surface area contributed by atoms with Crippen molar-refractivity contribution in [2.24, 2.45) is 0 Å². The van der Waals surface area contributed by atoms with Crippen LogP contribution in [0.1, 0.15) is 141 Å². The van der Waals surface area contributed by atoms with Crippen LogP contribution in [0.5, 0.6) is 0 Å². The normalized spacial score (nSPS) is 12.8. The van der Waals surface area contributed by atoms with Crippen LogP contribution in [0.25, 0.3) is 0 Å². The van der Waals surface area contributed by atoms with Crippen LogP contribution < -0.4 is 5.32 Å². The number of hydrogen-bond acceptors (Lipinski definition) is 3. The van der Waals surface area contributed by atoms with Gasteiger partial charge in [-0.3, -0.25) is 9.59 Å². The molecular weight excluding hydrogens is 390 g/mol. The summed E-state index contributed by atoms with van der Waals surface area (Å²) in [4.78, 5) is 20.9. The van der Waals surface area contributed by atoms with Crippen molar-refractivity contribution in [2.75, 3.05) is 0 Å². The van der Waals surface area contributed by atoms with Gasteiger partial charge in [-0.25, -0.2) is 0 Å². The van der Waals surface area contributed by atoms with Gasteiger partial charge in [0, 0.05) is 24.2 Å². The second-order valence-corrected chi connectivity index (χ2v) is 9.23. The molecule has 0 amide bonds. The summed E-state index contributed by atoms with van der Waals surface area (Å²) in [6, 6.07) is 0. The molecule has 1 aliphatic rings. The average Bonchev–Trinajstić information content (AvgIpc) is 3.47. The van der Waals surface area contributed by atoms with E-state index < -0.39 is 11.9 Å². The second-order valence-electron chi connectivity index (χ2n) is 9.23. The molecular formula is C26H47NO4. The number of allylic oxidation sites excluding steroid dienone is 2. The molecule has 31 heavy (non-hydrogen) atoms. The molecule has 0 atom stereocenters.